The lowest BCUT2D eigenvalue weighted by Gasteiger charge is -2.40. The number of para-hydroxylation sites is 1. The van der Waals surface area contributed by atoms with E-state index in [9.17, 15) is 9.59 Å². The molecule has 2 heterocycles. The van der Waals surface area contributed by atoms with Crippen LogP contribution in [0.25, 0.3) is 0 Å². The molecule has 1 N–H and O–H groups in total. The van der Waals surface area contributed by atoms with Crippen molar-refractivity contribution in [2.75, 3.05) is 36.8 Å². The summed E-state index contributed by atoms with van der Waals surface area (Å²) < 4.78 is 8.10. The van der Waals surface area contributed by atoms with E-state index in [4.69, 9.17) is 4.74 Å². The molecule has 2 amide bonds. The number of piperidine rings is 1. The van der Waals surface area contributed by atoms with Gasteiger partial charge in [-0.3, -0.25) is 9.59 Å². The largest absolute Gasteiger partial charge is 0.374 e. The van der Waals surface area contributed by atoms with Crippen LogP contribution in [-0.2, 0) is 26.3 Å². The zero-order valence-electron chi connectivity index (χ0n) is 17.8. The van der Waals surface area contributed by atoms with Crippen molar-refractivity contribution in [3.8, 4) is 0 Å². The third kappa shape index (κ3) is 4.57. The Labute approximate surface area is 188 Å². The molecule has 2 aromatic carbocycles. The second kappa shape index (κ2) is 9.75. The van der Waals surface area contributed by atoms with Gasteiger partial charge in [-0.2, -0.15) is 0 Å². The monoisotopic (exact) mass is 439 g/mol. The quantitative estimate of drug-likeness (QED) is 0.506. The summed E-state index contributed by atoms with van der Waals surface area (Å²) in [5.74, 6) is -0.0667. The lowest BCUT2D eigenvalue weighted by atomic mass is 9.74. The maximum absolute atomic E-state index is 13.1. The number of carbonyl (C=O) groups is 2. The molecule has 1 fully saturated rings. The molecule has 0 aromatic heterocycles. The molecule has 4 rings (SSSR count). The Kier molecular flexibility index (Phi) is 6.83. The maximum atomic E-state index is 13.1. The highest BCUT2D eigenvalue weighted by atomic mass is 32.2. The number of benzene rings is 2. The molecule has 164 valence electrons. The molecule has 0 saturated carbocycles. The number of anilines is 1. The van der Waals surface area contributed by atoms with Crippen LogP contribution in [0.5, 0.6) is 0 Å². The fourth-order valence-electron chi connectivity index (χ4n) is 4.69. The van der Waals surface area contributed by atoms with Crippen LogP contribution in [0.2, 0.25) is 0 Å². The van der Waals surface area contributed by atoms with Gasteiger partial charge in [-0.25, -0.2) is 0 Å². The summed E-state index contributed by atoms with van der Waals surface area (Å²) in [6.45, 7) is 2.93. The van der Waals surface area contributed by atoms with E-state index in [1.165, 1.54) is 11.3 Å². The second-order valence-corrected chi connectivity index (χ2v) is 8.99. The van der Waals surface area contributed by atoms with Crippen molar-refractivity contribution in [1.29, 1.82) is 0 Å². The topological polar surface area (TPSA) is 61.9 Å². The number of hydrogen-bond acceptors (Lipinski definition) is 5. The van der Waals surface area contributed by atoms with Crippen LogP contribution in [0.4, 0.5) is 5.69 Å². The lowest BCUT2D eigenvalue weighted by molar-refractivity contribution is -0.138. The van der Waals surface area contributed by atoms with Gasteiger partial charge < -0.3 is 19.3 Å². The van der Waals surface area contributed by atoms with E-state index in [2.05, 4.69) is 40.1 Å². The van der Waals surface area contributed by atoms with Crippen molar-refractivity contribution in [3.05, 3.63) is 65.7 Å². The first-order valence-corrected chi connectivity index (χ1v) is 11.9. The highest BCUT2D eigenvalue weighted by Crippen LogP contribution is 2.48. The Morgan fingerprint density at radius 1 is 1.16 bits per heavy atom. The van der Waals surface area contributed by atoms with Gasteiger partial charge in [0, 0.05) is 31.3 Å². The predicted molar refractivity (Wildman–Crippen MR) is 124 cm³/mol. The molecule has 6 nitrogen and oxygen atoms in total. The highest BCUT2D eigenvalue weighted by Gasteiger charge is 2.45. The van der Waals surface area contributed by atoms with Crippen LogP contribution < -0.4 is 9.62 Å². The zero-order valence-corrected chi connectivity index (χ0v) is 18.6. The van der Waals surface area contributed by atoms with Crippen LogP contribution in [0.1, 0.15) is 24.0 Å². The van der Waals surface area contributed by atoms with Gasteiger partial charge in [0.25, 0.3) is 0 Å². The van der Waals surface area contributed by atoms with Gasteiger partial charge >= 0.3 is 0 Å². The van der Waals surface area contributed by atoms with Crippen molar-refractivity contribution < 1.29 is 14.3 Å². The summed E-state index contributed by atoms with van der Waals surface area (Å²) in [6.07, 6.45) is 4.54. The molecule has 1 saturated heterocycles. The molecule has 2 aliphatic rings. The lowest BCUT2D eigenvalue weighted by Crippen LogP contribution is -2.53. The Hall–Kier alpha value is -2.51. The minimum atomic E-state index is -0.658. The van der Waals surface area contributed by atoms with E-state index < -0.39 is 6.04 Å². The molecule has 2 aliphatic heterocycles. The number of nitrogens with zero attached hydrogens (tertiary/aromatic N) is 2. The molecule has 0 bridgehead atoms. The van der Waals surface area contributed by atoms with Gasteiger partial charge in [0.1, 0.15) is 6.04 Å². The molecule has 7 heteroatoms. The van der Waals surface area contributed by atoms with E-state index in [-0.39, 0.29) is 17.9 Å². The third-order valence-electron chi connectivity index (χ3n) is 6.41. The number of ether oxygens (including phenoxy) is 1. The fourth-order valence-corrected chi connectivity index (χ4v) is 5.42. The Balaban J connectivity index is 1.37. The summed E-state index contributed by atoms with van der Waals surface area (Å²) in [5, 5.41) is 2.65. The minimum absolute atomic E-state index is 0.0667. The van der Waals surface area contributed by atoms with Crippen LogP contribution >= 0.6 is 11.9 Å². The van der Waals surface area contributed by atoms with E-state index in [1.807, 2.05) is 35.2 Å². The van der Waals surface area contributed by atoms with Crippen LogP contribution in [0, 0.1) is 0 Å². The highest BCUT2D eigenvalue weighted by molar-refractivity contribution is 8.00. The first-order valence-electron chi connectivity index (χ1n) is 10.7. The van der Waals surface area contributed by atoms with Crippen molar-refractivity contribution in [3.63, 3.8) is 0 Å². The fraction of sp³-hybridized carbons (Fsp3) is 0.417. The number of hydrogen-bond donors (Lipinski definition) is 1. The van der Waals surface area contributed by atoms with Gasteiger partial charge in [-0.1, -0.05) is 60.5 Å². The zero-order chi connectivity index (χ0) is 21.7. The third-order valence-corrected chi connectivity index (χ3v) is 7.17. The summed E-state index contributed by atoms with van der Waals surface area (Å²) >= 11 is 1.76. The summed E-state index contributed by atoms with van der Waals surface area (Å²) in [7, 11) is 0. The molecule has 1 unspecified atom stereocenters. The summed E-state index contributed by atoms with van der Waals surface area (Å²) in [5.41, 5.74) is 3.82. The normalized spacial score (nSPS) is 18.0. The number of likely N-dealkylation sites (tertiary alicyclic amines) is 1. The number of nitrogens with one attached hydrogen (secondary N) is 1. The first kappa shape index (κ1) is 21.7. The minimum Gasteiger partial charge on any atom is -0.374 e. The van der Waals surface area contributed by atoms with E-state index in [0.717, 1.165) is 24.9 Å². The van der Waals surface area contributed by atoms with Crippen LogP contribution in [0.3, 0.4) is 0 Å². The average molecular weight is 440 g/mol. The molecular weight excluding hydrogens is 410 g/mol. The van der Waals surface area contributed by atoms with Crippen molar-refractivity contribution >= 4 is 30.0 Å². The summed E-state index contributed by atoms with van der Waals surface area (Å²) in [4.78, 5) is 26.1. The SMILES string of the molecule is CSN1CC2(CCN(C(=O)C(COCc3ccccc3)NC=O)CC2)c2ccccc21. The maximum Gasteiger partial charge on any atom is 0.247 e. The number of amides is 2. The molecule has 31 heavy (non-hydrogen) atoms. The van der Waals surface area contributed by atoms with Crippen LogP contribution in [0.15, 0.2) is 54.6 Å². The molecule has 0 radical (unpaired) electrons. The Morgan fingerprint density at radius 2 is 1.87 bits per heavy atom. The van der Waals surface area contributed by atoms with E-state index >= 15 is 0 Å². The Morgan fingerprint density at radius 3 is 2.58 bits per heavy atom. The van der Waals surface area contributed by atoms with Crippen molar-refractivity contribution in [2.45, 2.75) is 30.9 Å². The smallest absolute Gasteiger partial charge is 0.247 e. The molecule has 1 spiro atoms. The average Bonchev–Trinajstić information content (AvgIpc) is 3.13. The van der Waals surface area contributed by atoms with Crippen LogP contribution in [-0.4, -0.2) is 55.8 Å². The number of rotatable bonds is 8. The number of fused-ring (bicyclic) bond motifs is 2. The van der Waals surface area contributed by atoms with Gasteiger partial charge in [-0.15, -0.1) is 0 Å². The number of carbonyl (C=O) groups excluding carboxylic acids is 2. The van der Waals surface area contributed by atoms with Gasteiger partial charge in [0.15, 0.2) is 0 Å². The summed E-state index contributed by atoms with van der Waals surface area (Å²) in [6, 6.07) is 17.8. The molecular formula is C24H29N3O3S. The first-order chi connectivity index (χ1) is 15.2. The van der Waals surface area contributed by atoms with Crippen molar-refractivity contribution in [1.82, 2.24) is 10.2 Å². The van der Waals surface area contributed by atoms with E-state index in [0.29, 0.717) is 26.1 Å². The standard InChI is InChI=1S/C24H29N3O3S/c1-31-27-17-24(20-9-5-6-10-22(20)27)11-13-26(14-12-24)23(29)21(25-18-28)16-30-15-19-7-3-2-4-8-19/h2-10,18,21H,11-17H2,1H3,(H,25,28). The van der Waals surface area contributed by atoms with Gasteiger partial charge in [-0.05, 0) is 30.0 Å². The Bertz CT molecular complexity index is 900. The van der Waals surface area contributed by atoms with E-state index in [1.54, 1.807) is 11.9 Å². The van der Waals surface area contributed by atoms with Gasteiger partial charge in [0.2, 0.25) is 12.3 Å². The molecule has 1 atom stereocenters. The van der Waals surface area contributed by atoms with Gasteiger partial charge in [0.05, 0.1) is 18.9 Å². The second-order valence-electron chi connectivity index (χ2n) is 8.18. The predicted octanol–water partition coefficient (Wildman–Crippen LogP) is 2.98. The molecule has 2 aromatic rings. The molecule has 0 aliphatic carbocycles. The van der Waals surface area contributed by atoms with Crippen molar-refractivity contribution in [2.24, 2.45) is 0 Å².